The molecule has 2 unspecified atom stereocenters. The second kappa shape index (κ2) is 7.59. The average molecular weight is 412 g/mol. The molecular weight excluding hydrogens is 384 g/mol. The molecule has 3 aliphatic rings. The fraction of sp³-hybridized carbons (Fsp3) is 0.545. The van der Waals surface area contributed by atoms with Crippen LogP contribution in [0, 0.1) is 5.41 Å². The maximum Gasteiger partial charge on any atom is 0.262 e. The van der Waals surface area contributed by atoms with E-state index in [1.165, 1.54) is 0 Å². The number of rotatable bonds is 4. The first-order chi connectivity index (χ1) is 14.2. The van der Waals surface area contributed by atoms with Gasteiger partial charge in [0.1, 0.15) is 6.04 Å². The van der Waals surface area contributed by atoms with Crippen molar-refractivity contribution in [1.82, 2.24) is 15.1 Å². The predicted molar refractivity (Wildman–Crippen MR) is 109 cm³/mol. The van der Waals surface area contributed by atoms with Crippen LogP contribution in [0.2, 0.25) is 0 Å². The monoisotopic (exact) mass is 412 g/mol. The van der Waals surface area contributed by atoms with Crippen molar-refractivity contribution in [1.29, 1.82) is 0 Å². The summed E-state index contributed by atoms with van der Waals surface area (Å²) in [5.74, 6) is -1.92. The Balaban J connectivity index is 1.56. The maximum atomic E-state index is 13.0. The maximum absolute atomic E-state index is 13.0. The summed E-state index contributed by atoms with van der Waals surface area (Å²) in [6, 6.07) is 4.60. The van der Waals surface area contributed by atoms with Crippen molar-refractivity contribution in [2.75, 3.05) is 13.1 Å². The summed E-state index contributed by atoms with van der Waals surface area (Å²) in [6.45, 7) is 6.63. The number of carbonyl (C=O) groups is 4. The molecule has 2 atom stereocenters. The molecule has 160 valence electrons. The molecule has 0 aromatic heterocycles. The molecule has 8 nitrogen and oxygen atoms in total. The molecule has 0 aliphatic carbocycles. The van der Waals surface area contributed by atoms with E-state index < -0.39 is 23.8 Å². The summed E-state index contributed by atoms with van der Waals surface area (Å²) in [5, 5.41) is 2.22. The number of hydrogen-bond acceptors (Lipinski definition) is 6. The second-order valence-electron chi connectivity index (χ2n) is 9.14. The summed E-state index contributed by atoms with van der Waals surface area (Å²) >= 11 is 0. The summed E-state index contributed by atoms with van der Waals surface area (Å²) in [4.78, 5) is 52.8. The second-order valence-corrected chi connectivity index (χ2v) is 9.14. The quantitative estimate of drug-likeness (QED) is 0.715. The molecule has 2 saturated heterocycles. The van der Waals surface area contributed by atoms with Crippen molar-refractivity contribution in [2.45, 2.75) is 58.2 Å². The van der Waals surface area contributed by atoms with Gasteiger partial charge in [-0.3, -0.25) is 34.3 Å². The molecule has 1 aromatic carbocycles. The van der Waals surface area contributed by atoms with Gasteiger partial charge in [0, 0.05) is 25.6 Å². The molecule has 0 bridgehead atoms. The number of hydrogen-bond donors (Lipinski definition) is 2. The van der Waals surface area contributed by atoms with Crippen molar-refractivity contribution < 1.29 is 19.2 Å². The number of nitrogens with two attached hydrogens (primary N) is 1. The number of nitrogens with one attached hydrogen (secondary N) is 1. The summed E-state index contributed by atoms with van der Waals surface area (Å²) < 4.78 is 0. The third kappa shape index (κ3) is 3.44. The zero-order chi connectivity index (χ0) is 21.6. The van der Waals surface area contributed by atoms with Crippen LogP contribution in [0.4, 0.5) is 0 Å². The Morgan fingerprint density at radius 2 is 1.87 bits per heavy atom. The minimum atomic E-state index is -0.942. The Kier molecular flexibility index (Phi) is 5.23. The van der Waals surface area contributed by atoms with Crippen LogP contribution in [0.15, 0.2) is 18.2 Å². The highest BCUT2D eigenvalue weighted by molar-refractivity contribution is 6.23. The van der Waals surface area contributed by atoms with Crippen molar-refractivity contribution in [3.8, 4) is 0 Å². The first-order valence-electron chi connectivity index (χ1n) is 10.5. The van der Waals surface area contributed by atoms with Crippen molar-refractivity contribution in [3.63, 3.8) is 0 Å². The van der Waals surface area contributed by atoms with Crippen LogP contribution in [-0.2, 0) is 16.1 Å². The normalized spacial score (nSPS) is 26.7. The van der Waals surface area contributed by atoms with E-state index in [0.717, 1.165) is 29.8 Å². The highest BCUT2D eigenvalue weighted by Gasteiger charge is 2.44. The SMILES string of the molecule is CC1(C)CCCN(Cc2ccc3c(c2)C(=O)N(C2CCC(=O)NC2=O)C3=O)C1CN. The van der Waals surface area contributed by atoms with Crippen molar-refractivity contribution >= 4 is 23.6 Å². The van der Waals surface area contributed by atoms with Gasteiger partial charge in [-0.2, -0.15) is 0 Å². The number of imide groups is 2. The lowest BCUT2D eigenvalue weighted by Gasteiger charge is -2.46. The van der Waals surface area contributed by atoms with Crippen LogP contribution in [0.5, 0.6) is 0 Å². The third-order valence-electron chi connectivity index (χ3n) is 6.72. The van der Waals surface area contributed by atoms with Gasteiger partial charge >= 0.3 is 0 Å². The zero-order valence-electron chi connectivity index (χ0n) is 17.4. The third-order valence-corrected chi connectivity index (χ3v) is 6.72. The highest BCUT2D eigenvalue weighted by atomic mass is 16.2. The predicted octanol–water partition coefficient (Wildman–Crippen LogP) is 1.04. The molecule has 4 amide bonds. The minimum absolute atomic E-state index is 0.111. The summed E-state index contributed by atoms with van der Waals surface area (Å²) in [7, 11) is 0. The topological polar surface area (TPSA) is 113 Å². The molecule has 30 heavy (non-hydrogen) atoms. The lowest BCUT2D eigenvalue weighted by molar-refractivity contribution is -0.136. The smallest absolute Gasteiger partial charge is 0.262 e. The number of amides is 4. The lowest BCUT2D eigenvalue weighted by atomic mass is 9.76. The Morgan fingerprint density at radius 1 is 1.13 bits per heavy atom. The number of fused-ring (bicyclic) bond motifs is 1. The molecule has 0 saturated carbocycles. The van der Waals surface area contributed by atoms with Crippen molar-refractivity contribution in [3.05, 3.63) is 34.9 Å². The molecular formula is C22H28N4O4. The highest BCUT2D eigenvalue weighted by Crippen LogP contribution is 2.36. The molecule has 3 aliphatic heterocycles. The van der Waals surface area contributed by atoms with Gasteiger partial charge in [0.05, 0.1) is 11.1 Å². The van der Waals surface area contributed by atoms with Gasteiger partial charge < -0.3 is 5.73 Å². The van der Waals surface area contributed by atoms with E-state index in [1.807, 2.05) is 6.07 Å². The number of benzene rings is 1. The van der Waals surface area contributed by atoms with Gasteiger partial charge in [0.2, 0.25) is 11.8 Å². The standard InChI is InChI=1S/C22H28N4O4/c1-22(2)8-3-9-25(17(22)11-23)12-13-4-5-14-15(10-13)21(30)26(20(14)29)16-6-7-18(27)24-19(16)28/h4-5,10,16-17H,3,6-9,11-12,23H2,1-2H3,(H,24,27,28). The van der Waals surface area contributed by atoms with E-state index in [1.54, 1.807) is 12.1 Å². The number of piperidine rings is 2. The van der Waals surface area contributed by atoms with Crippen LogP contribution >= 0.6 is 0 Å². The number of nitrogens with zero attached hydrogens (tertiary/aromatic N) is 2. The Hall–Kier alpha value is -2.58. The van der Waals surface area contributed by atoms with Crippen LogP contribution < -0.4 is 11.1 Å². The van der Waals surface area contributed by atoms with Crippen LogP contribution in [0.1, 0.15) is 65.8 Å². The van der Waals surface area contributed by atoms with Gasteiger partial charge in [0.25, 0.3) is 11.8 Å². The van der Waals surface area contributed by atoms with Crippen LogP contribution in [0.3, 0.4) is 0 Å². The van der Waals surface area contributed by atoms with Gasteiger partial charge in [0.15, 0.2) is 0 Å². The number of carbonyl (C=O) groups excluding carboxylic acids is 4. The average Bonchev–Trinajstić information content (AvgIpc) is 2.92. The molecule has 3 N–H and O–H groups in total. The molecule has 8 heteroatoms. The van der Waals surface area contributed by atoms with E-state index in [4.69, 9.17) is 5.73 Å². The fourth-order valence-electron chi connectivity index (χ4n) is 5.06. The van der Waals surface area contributed by atoms with Crippen molar-refractivity contribution in [2.24, 2.45) is 11.1 Å². The van der Waals surface area contributed by atoms with E-state index in [0.29, 0.717) is 24.2 Å². The van der Waals surface area contributed by atoms with Crippen LogP contribution in [0.25, 0.3) is 0 Å². The van der Waals surface area contributed by atoms with E-state index in [9.17, 15) is 19.2 Å². The lowest BCUT2D eigenvalue weighted by Crippen LogP contribution is -2.54. The van der Waals surface area contributed by atoms with Gasteiger partial charge in [-0.15, -0.1) is 0 Å². The molecule has 0 spiro atoms. The zero-order valence-corrected chi connectivity index (χ0v) is 17.4. The first-order valence-corrected chi connectivity index (χ1v) is 10.5. The molecule has 3 heterocycles. The van der Waals surface area contributed by atoms with Crippen LogP contribution in [-0.4, -0.2) is 58.6 Å². The fourth-order valence-corrected chi connectivity index (χ4v) is 5.06. The first kappa shape index (κ1) is 20.7. The van der Waals surface area contributed by atoms with E-state index >= 15 is 0 Å². The Bertz CT molecular complexity index is 926. The van der Waals surface area contributed by atoms with E-state index in [2.05, 4.69) is 24.1 Å². The van der Waals surface area contributed by atoms with Gasteiger partial charge in [-0.1, -0.05) is 19.9 Å². The molecule has 4 rings (SSSR count). The number of likely N-dealkylation sites (tertiary alicyclic amines) is 1. The van der Waals surface area contributed by atoms with E-state index in [-0.39, 0.29) is 30.2 Å². The molecule has 1 aromatic rings. The molecule has 2 fully saturated rings. The van der Waals surface area contributed by atoms with Gasteiger partial charge in [-0.05, 0) is 48.9 Å². The Morgan fingerprint density at radius 3 is 2.57 bits per heavy atom. The van der Waals surface area contributed by atoms with Gasteiger partial charge in [-0.25, -0.2) is 0 Å². The Labute approximate surface area is 175 Å². The summed E-state index contributed by atoms with van der Waals surface area (Å²) in [5.41, 5.74) is 7.76. The minimum Gasteiger partial charge on any atom is -0.329 e. The largest absolute Gasteiger partial charge is 0.329 e. The molecule has 0 radical (unpaired) electrons. The summed E-state index contributed by atoms with van der Waals surface area (Å²) in [6.07, 6.45) is 2.49.